The molecule has 0 aliphatic carbocycles. The maximum absolute atomic E-state index is 3.05. The van der Waals surface area contributed by atoms with Crippen LogP contribution in [0.3, 0.4) is 0 Å². The van der Waals surface area contributed by atoms with Gasteiger partial charge in [0.2, 0.25) is 0 Å². The number of hydrazine groups is 1. The maximum Gasteiger partial charge on any atom is 0.0770 e. The largest absolute Gasteiger partial charge is 0.344 e. The highest BCUT2D eigenvalue weighted by atomic mass is 32.2. The van der Waals surface area contributed by atoms with E-state index in [4.69, 9.17) is 0 Å². The number of hydrogen-bond acceptors (Lipinski definition) is 4. The molecular formula is C3H7N3S. The Hall–Kier alpha value is -0.190. The molecule has 0 aromatic rings. The fourth-order valence-corrected chi connectivity index (χ4v) is 1.18. The van der Waals surface area contributed by atoms with Gasteiger partial charge in [-0.1, -0.05) is 0 Å². The number of hydrogen-bond donors (Lipinski definition) is 2. The molecule has 2 aliphatic heterocycles. The second kappa shape index (κ2) is 1.40. The molecule has 3 nitrogen and oxygen atoms in total. The van der Waals surface area contributed by atoms with E-state index < -0.39 is 0 Å². The van der Waals surface area contributed by atoms with Crippen molar-refractivity contribution in [1.82, 2.24) is 16.0 Å². The molecule has 0 spiro atoms. The molecule has 0 bridgehead atoms. The molecule has 0 unspecified atom stereocenters. The molecule has 1 saturated heterocycles. The van der Waals surface area contributed by atoms with E-state index in [-0.39, 0.29) is 6.15 Å². The fraction of sp³-hybridized carbons (Fsp3) is 0.333. The van der Waals surface area contributed by atoms with E-state index in [9.17, 15) is 0 Å². The van der Waals surface area contributed by atoms with Gasteiger partial charge in [0.05, 0.1) is 12.2 Å². The summed E-state index contributed by atoms with van der Waals surface area (Å²) in [6.07, 6.45) is 0. The van der Waals surface area contributed by atoms with Gasteiger partial charge in [0.1, 0.15) is 0 Å². The Kier molecular flexibility index (Phi) is 0.989. The minimum absolute atomic E-state index is 0. The Labute approximate surface area is 46.4 Å². The average Bonchev–Trinajstić information content (AvgIpc) is 2.17. The van der Waals surface area contributed by atoms with Crippen molar-refractivity contribution in [2.75, 3.05) is 6.54 Å². The molecule has 0 aromatic carbocycles. The van der Waals surface area contributed by atoms with E-state index in [1.165, 1.54) is 5.70 Å². The molecule has 0 amide bonds. The molecule has 0 atom stereocenters. The van der Waals surface area contributed by atoms with E-state index in [0.717, 1.165) is 6.54 Å². The third-order valence-corrected chi connectivity index (χ3v) is 1.64. The summed E-state index contributed by atoms with van der Waals surface area (Å²) in [5.41, 5.74) is 1.43. The van der Waals surface area contributed by atoms with Gasteiger partial charge < -0.3 is 6.15 Å². The van der Waals surface area contributed by atoms with Crippen LogP contribution in [0.15, 0.2) is 11.1 Å². The highest BCUT2D eigenvalue weighted by Crippen LogP contribution is 2.29. The normalized spacial score (nSPS) is 22.9. The fourth-order valence-electron chi connectivity index (χ4n) is 0.476. The van der Waals surface area contributed by atoms with Crippen molar-refractivity contribution in [3.63, 3.8) is 0 Å². The summed E-state index contributed by atoms with van der Waals surface area (Å²) in [7, 11) is 0. The Morgan fingerprint density at radius 1 is 1.86 bits per heavy atom. The van der Waals surface area contributed by atoms with Gasteiger partial charge in [-0.25, -0.2) is 0 Å². The van der Waals surface area contributed by atoms with Crippen molar-refractivity contribution >= 4 is 11.9 Å². The summed E-state index contributed by atoms with van der Waals surface area (Å²) in [6, 6.07) is 0. The summed E-state index contributed by atoms with van der Waals surface area (Å²) in [4.78, 5) is 3.05. The third-order valence-electron chi connectivity index (χ3n) is 0.921. The van der Waals surface area contributed by atoms with Crippen LogP contribution in [0.4, 0.5) is 0 Å². The lowest BCUT2D eigenvalue weighted by molar-refractivity contribution is 0.575. The lowest BCUT2D eigenvalue weighted by Crippen LogP contribution is -2.05. The monoisotopic (exact) mass is 117 g/mol. The number of rotatable bonds is 0. The second-order valence-corrected chi connectivity index (χ2v) is 2.06. The van der Waals surface area contributed by atoms with Crippen LogP contribution in [0.2, 0.25) is 0 Å². The zero-order valence-electron chi connectivity index (χ0n) is 3.85. The molecule has 0 aromatic heterocycles. The molecular weight excluding hydrogens is 110 g/mol. The second-order valence-electron chi connectivity index (χ2n) is 1.40. The van der Waals surface area contributed by atoms with Gasteiger partial charge in [-0.3, -0.25) is 5.01 Å². The minimum Gasteiger partial charge on any atom is -0.344 e. The van der Waals surface area contributed by atoms with Crippen LogP contribution < -0.4 is 11.0 Å². The SMILES string of the molecule is C1=C2CN2NS1.N. The number of nitrogens with one attached hydrogen (secondary N) is 1. The lowest BCUT2D eigenvalue weighted by Gasteiger charge is -1.88. The van der Waals surface area contributed by atoms with Crippen LogP contribution in [0.1, 0.15) is 0 Å². The van der Waals surface area contributed by atoms with E-state index in [2.05, 4.69) is 15.2 Å². The lowest BCUT2D eigenvalue weighted by atomic mass is 10.8. The van der Waals surface area contributed by atoms with Gasteiger partial charge in [-0.15, -0.1) is 0 Å². The highest BCUT2D eigenvalue weighted by Gasteiger charge is 2.28. The van der Waals surface area contributed by atoms with Gasteiger partial charge >= 0.3 is 0 Å². The average molecular weight is 117 g/mol. The van der Waals surface area contributed by atoms with Crippen LogP contribution in [0.5, 0.6) is 0 Å². The van der Waals surface area contributed by atoms with Gasteiger partial charge in [-0.2, -0.15) is 4.83 Å². The quantitative estimate of drug-likeness (QED) is 0.358. The van der Waals surface area contributed by atoms with Gasteiger partial charge in [-0.05, 0) is 11.9 Å². The highest BCUT2D eigenvalue weighted by molar-refractivity contribution is 8.00. The molecule has 7 heavy (non-hydrogen) atoms. The van der Waals surface area contributed by atoms with Crippen molar-refractivity contribution in [3.8, 4) is 0 Å². The van der Waals surface area contributed by atoms with E-state index in [1.807, 2.05) is 0 Å². The Morgan fingerprint density at radius 2 is 2.71 bits per heavy atom. The summed E-state index contributed by atoms with van der Waals surface area (Å²) < 4.78 is 0. The Balaban J connectivity index is 0.000000245. The summed E-state index contributed by atoms with van der Waals surface area (Å²) in [6.45, 7) is 1.15. The van der Waals surface area contributed by atoms with Gasteiger partial charge in [0, 0.05) is 5.41 Å². The first kappa shape index (κ1) is 4.96. The standard InChI is InChI=1S/C3H4N2S.H3N/c1-3-2-6-4-5(1)3;/h2,4H,1H2;1H3. The van der Waals surface area contributed by atoms with Crippen LogP contribution in [-0.4, -0.2) is 11.6 Å². The van der Waals surface area contributed by atoms with Crippen molar-refractivity contribution in [2.24, 2.45) is 0 Å². The summed E-state index contributed by atoms with van der Waals surface area (Å²) >= 11 is 1.65. The number of nitrogens with zero attached hydrogens (tertiary/aromatic N) is 1. The molecule has 4 heteroatoms. The van der Waals surface area contributed by atoms with Gasteiger partial charge in [0.25, 0.3) is 0 Å². The van der Waals surface area contributed by atoms with Crippen molar-refractivity contribution in [2.45, 2.75) is 0 Å². The third kappa shape index (κ3) is 0.605. The molecule has 2 heterocycles. The predicted octanol–water partition coefficient (Wildman–Crippen LogP) is 0.472. The van der Waals surface area contributed by atoms with Crippen LogP contribution in [-0.2, 0) is 0 Å². The Morgan fingerprint density at radius 3 is 2.86 bits per heavy atom. The molecule has 0 radical (unpaired) electrons. The molecule has 2 aliphatic rings. The topological polar surface area (TPSA) is 50.0 Å². The molecule has 1 fully saturated rings. The van der Waals surface area contributed by atoms with Crippen molar-refractivity contribution in [1.29, 1.82) is 0 Å². The molecule has 2 rings (SSSR count). The van der Waals surface area contributed by atoms with Crippen molar-refractivity contribution < 1.29 is 0 Å². The van der Waals surface area contributed by atoms with Crippen LogP contribution in [0.25, 0.3) is 0 Å². The zero-order valence-corrected chi connectivity index (χ0v) is 4.66. The van der Waals surface area contributed by atoms with Crippen molar-refractivity contribution in [3.05, 3.63) is 11.1 Å². The smallest absolute Gasteiger partial charge is 0.0770 e. The van der Waals surface area contributed by atoms with E-state index >= 15 is 0 Å². The summed E-state index contributed by atoms with van der Waals surface area (Å²) in [5, 5.41) is 4.23. The van der Waals surface area contributed by atoms with E-state index in [0.29, 0.717) is 0 Å². The Bertz CT molecular complexity index is 111. The van der Waals surface area contributed by atoms with Gasteiger partial charge in [0.15, 0.2) is 0 Å². The minimum atomic E-state index is 0. The molecule has 40 valence electrons. The number of fused-ring (bicyclic) bond motifs is 1. The van der Waals surface area contributed by atoms with Crippen LogP contribution >= 0.6 is 11.9 Å². The summed E-state index contributed by atoms with van der Waals surface area (Å²) in [5.74, 6) is 0. The molecule has 0 saturated carbocycles. The van der Waals surface area contributed by atoms with Crippen LogP contribution in [0, 0.1) is 0 Å². The maximum atomic E-state index is 3.05. The predicted molar refractivity (Wildman–Crippen MR) is 30.5 cm³/mol. The first-order valence-electron chi connectivity index (χ1n) is 1.85. The van der Waals surface area contributed by atoms with E-state index in [1.54, 1.807) is 11.9 Å². The first-order chi connectivity index (χ1) is 2.97. The molecule has 4 N–H and O–H groups in total. The zero-order chi connectivity index (χ0) is 3.98. The first-order valence-corrected chi connectivity index (χ1v) is 2.73.